The van der Waals surface area contributed by atoms with Gasteiger partial charge in [-0.1, -0.05) is 247 Å². The summed E-state index contributed by atoms with van der Waals surface area (Å²) < 4.78 is 0. The normalized spacial score (nSPS) is 13.6. The van der Waals surface area contributed by atoms with E-state index in [-0.39, 0.29) is 12.5 Å². The predicted octanol–water partition coefficient (Wildman–Crippen LogP) is 16.4. The van der Waals surface area contributed by atoms with Gasteiger partial charge < -0.3 is 15.5 Å². The third kappa shape index (κ3) is 46.5. The summed E-state index contributed by atoms with van der Waals surface area (Å²) in [7, 11) is 0. The van der Waals surface area contributed by atoms with E-state index in [9.17, 15) is 15.0 Å². The van der Waals surface area contributed by atoms with Crippen LogP contribution in [0.25, 0.3) is 0 Å². The fraction of sp³-hybridized carbons (Fsp3) is 0.727. The summed E-state index contributed by atoms with van der Waals surface area (Å²) in [5.74, 6) is -0.0710. The molecule has 0 aliphatic heterocycles. The van der Waals surface area contributed by atoms with Gasteiger partial charge in [-0.2, -0.15) is 0 Å². The fourth-order valence-electron chi connectivity index (χ4n) is 7.30. The van der Waals surface area contributed by atoms with Crippen LogP contribution >= 0.6 is 0 Å². The molecule has 0 rings (SSSR count). The summed E-state index contributed by atoms with van der Waals surface area (Å²) >= 11 is 0. The van der Waals surface area contributed by atoms with E-state index in [2.05, 4.69) is 92.1 Å². The number of carbonyl (C=O) groups is 1. The average Bonchev–Trinajstić information content (AvgIpc) is 3.24. The van der Waals surface area contributed by atoms with Gasteiger partial charge in [-0.25, -0.2) is 0 Å². The standard InChI is InChI=1S/C55H97NO3/c1-3-5-7-9-11-13-15-17-19-21-23-24-25-26-27-28-29-30-31-32-33-35-37-39-41-43-45-47-49-51-55(59)56-53(52-57)54(58)50-48-46-44-42-40-38-36-34-22-20-18-16-14-12-10-8-6-4-2/h5,7,11,13,17,19,23-24,26-27,29-30,48,50,53-54,57-58H,3-4,6,8-10,12,14-16,18,20-22,25,28,31-47,49,51-52H2,1-2H3,(H,56,59)/b7-5-,13-11-,19-17-,24-23-,27-26-,30-29-,50-48+. The van der Waals surface area contributed by atoms with Crippen LogP contribution < -0.4 is 5.32 Å². The second-order valence-electron chi connectivity index (χ2n) is 16.9. The molecule has 2 unspecified atom stereocenters. The molecule has 0 aromatic rings. The van der Waals surface area contributed by atoms with Gasteiger partial charge in [0, 0.05) is 6.42 Å². The van der Waals surface area contributed by atoms with Crippen LogP contribution in [0.5, 0.6) is 0 Å². The first-order valence-electron chi connectivity index (χ1n) is 25.3. The van der Waals surface area contributed by atoms with Crippen molar-refractivity contribution in [2.24, 2.45) is 0 Å². The molecular weight excluding hydrogens is 723 g/mol. The van der Waals surface area contributed by atoms with E-state index in [1.54, 1.807) is 6.08 Å². The molecule has 0 spiro atoms. The molecule has 0 saturated carbocycles. The molecule has 0 bridgehead atoms. The zero-order chi connectivity index (χ0) is 42.8. The van der Waals surface area contributed by atoms with Crippen molar-refractivity contribution in [2.45, 2.75) is 251 Å². The van der Waals surface area contributed by atoms with Crippen LogP contribution in [0.4, 0.5) is 0 Å². The number of aliphatic hydroxyl groups is 2. The van der Waals surface area contributed by atoms with Crippen LogP contribution in [0.3, 0.4) is 0 Å². The molecule has 0 aliphatic carbocycles. The minimum Gasteiger partial charge on any atom is -0.394 e. The molecule has 1 amide bonds. The number of amides is 1. The van der Waals surface area contributed by atoms with Crippen molar-refractivity contribution < 1.29 is 15.0 Å². The lowest BCUT2D eigenvalue weighted by Crippen LogP contribution is -2.45. The third-order valence-electron chi connectivity index (χ3n) is 11.1. The molecule has 0 aromatic heterocycles. The minimum atomic E-state index is -0.846. The zero-order valence-electron chi connectivity index (χ0n) is 39.0. The van der Waals surface area contributed by atoms with Crippen molar-refractivity contribution in [1.29, 1.82) is 0 Å². The van der Waals surface area contributed by atoms with Gasteiger partial charge in [0.15, 0.2) is 0 Å². The van der Waals surface area contributed by atoms with E-state index in [0.29, 0.717) is 6.42 Å². The highest BCUT2D eigenvalue weighted by molar-refractivity contribution is 5.76. The number of carbonyl (C=O) groups excluding carboxylic acids is 1. The van der Waals surface area contributed by atoms with Crippen LogP contribution in [0, 0.1) is 0 Å². The molecule has 2 atom stereocenters. The molecule has 0 saturated heterocycles. The van der Waals surface area contributed by atoms with Crippen LogP contribution in [-0.2, 0) is 4.79 Å². The van der Waals surface area contributed by atoms with Crippen molar-refractivity contribution in [3.8, 4) is 0 Å². The maximum absolute atomic E-state index is 12.4. The Balaban J connectivity index is 3.58. The molecule has 3 N–H and O–H groups in total. The number of hydrogen-bond acceptors (Lipinski definition) is 3. The van der Waals surface area contributed by atoms with E-state index in [0.717, 1.165) is 64.2 Å². The fourth-order valence-corrected chi connectivity index (χ4v) is 7.30. The highest BCUT2D eigenvalue weighted by atomic mass is 16.3. The van der Waals surface area contributed by atoms with E-state index >= 15 is 0 Å². The highest BCUT2D eigenvalue weighted by Gasteiger charge is 2.18. The number of rotatable bonds is 45. The molecule has 4 heteroatoms. The number of unbranched alkanes of at least 4 members (excludes halogenated alkanes) is 26. The lowest BCUT2D eigenvalue weighted by Gasteiger charge is -2.20. The Hall–Kier alpha value is -2.43. The van der Waals surface area contributed by atoms with Gasteiger partial charge in [0.05, 0.1) is 18.8 Å². The molecule has 0 aliphatic rings. The highest BCUT2D eigenvalue weighted by Crippen LogP contribution is 2.15. The second-order valence-corrected chi connectivity index (χ2v) is 16.9. The molecule has 340 valence electrons. The van der Waals surface area contributed by atoms with Crippen molar-refractivity contribution in [3.05, 3.63) is 85.1 Å². The van der Waals surface area contributed by atoms with E-state index < -0.39 is 12.1 Å². The predicted molar refractivity (Wildman–Crippen MR) is 262 cm³/mol. The topological polar surface area (TPSA) is 69.6 Å². The minimum absolute atomic E-state index is 0.0710. The lowest BCUT2D eigenvalue weighted by atomic mass is 10.0. The molecule has 0 heterocycles. The molecule has 0 fully saturated rings. The Labute approximate surface area is 367 Å². The summed E-state index contributed by atoms with van der Waals surface area (Å²) in [6.45, 7) is 4.20. The molecule has 4 nitrogen and oxygen atoms in total. The second kappa shape index (κ2) is 49.9. The van der Waals surface area contributed by atoms with Crippen LogP contribution in [-0.4, -0.2) is 34.9 Å². The molecular formula is C55H97NO3. The monoisotopic (exact) mass is 820 g/mol. The Morgan fingerprint density at radius 1 is 0.424 bits per heavy atom. The van der Waals surface area contributed by atoms with Gasteiger partial charge in [0.25, 0.3) is 0 Å². The van der Waals surface area contributed by atoms with Crippen molar-refractivity contribution >= 4 is 5.91 Å². The van der Waals surface area contributed by atoms with Gasteiger partial charge in [-0.05, 0) is 70.6 Å². The largest absolute Gasteiger partial charge is 0.394 e. The van der Waals surface area contributed by atoms with Gasteiger partial charge >= 0.3 is 0 Å². The summed E-state index contributed by atoms with van der Waals surface area (Å²) in [6.07, 6.45) is 72.8. The van der Waals surface area contributed by atoms with Gasteiger partial charge in [-0.3, -0.25) is 4.79 Å². The number of aliphatic hydroxyl groups excluding tert-OH is 2. The average molecular weight is 820 g/mol. The van der Waals surface area contributed by atoms with Crippen molar-refractivity contribution in [2.75, 3.05) is 6.61 Å². The number of nitrogens with one attached hydrogen (secondary N) is 1. The summed E-state index contributed by atoms with van der Waals surface area (Å²) in [5.41, 5.74) is 0. The Morgan fingerprint density at radius 2 is 0.746 bits per heavy atom. The first kappa shape index (κ1) is 56.6. The first-order valence-corrected chi connectivity index (χ1v) is 25.3. The summed E-state index contributed by atoms with van der Waals surface area (Å²) in [4.78, 5) is 12.4. The summed E-state index contributed by atoms with van der Waals surface area (Å²) in [6, 6.07) is -0.629. The van der Waals surface area contributed by atoms with Gasteiger partial charge in [-0.15, -0.1) is 0 Å². The van der Waals surface area contributed by atoms with Gasteiger partial charge in [0.1, 0.15) is 0 Å². The maximum Gasteiger partial charge on any atom is 0.220 e. The Kier molecular flexibility index (Phi) is 47.9. The molecule has 0 aromatic carbocycles. The van der Waals surface area contributed by atoms with Crippen molar-refractivity contribution in [3.63, 3.8) is 0 Å². The molecule has 0 radical (unpaired) electrons. The third-order valence-corrected chi connectivity index (χ3v) is 11.1. The van der Waals surface area contributed by atoms with E-state index in [1.807, 2.05) is 6.08 Å². The van der Waals surface area contributed by atoms with E-state index in [4.69, 9.17) is 0 Å². The molecule has 59 heavy (non-hydrogen) atoms. The zero-order valence-corrected chi connectivity index (χ0v) is 39.0. The quantitative estimate of drug-likeness (QED) is 0.0423. The number of hydrogen-bond donors (Lipinski definition) is 3. The Bertz CT molecular complexity index is 1070. The van der Waals surface area contributed by atoms with Gasteiger partial charge in [0.2, 0.25) is 5.91 Å². The maximum atomic E-state index is 12.4. The van der Waals surface area contributed by atoms with E-state index in [1.165, 1.54) is 154 Å². The van der Waals surface area contributed by atoms with Crippen LogP contribution in [0.1, 0.15) is 239 Å². The first-order chi connectivity index (χ1) is 29.2. The summed E-state index contributed by atoms with van der Waals surface area (Å²) in [5, 5.41) is 23.1. The van der Waals surface area contributed by atoms with Crippen LogP contribution in [0.15, 0.2) is 85.1 Å². The number of allylic oxidation sites excluding steroid dienone is 13. The SMILES string of the molecule is CC/C=C\C/C=C\C/C=C\C/C=C\C/C=C\C/C=C\CCCCCCCCCCCCC(=O)NC(CO)C(O)/C=C/CCCCCCCCCCCCCCCCCC. The smallest absolute Gasteiger partial charge is 0.220 e. The van der Waals surface area contributed by atoms with Crippen LogP contribution in [0.2, 0.25) is 0 Å². The lowest BCUT2D eigenvalue weighted by molar-refractivity contribution is -0.123. The Morgan fingerprint density at radius 3 is 1.12 bits per heavy atom. The van der Waals surface area contributed by atoms with Crippen molar-refractivity contribution in [1.82, 2.24) is 5.32 Å².